The number of halogens is 2. The lowest BCUT2D eigenvalue weighted by atomic mass is 10.2. The van der Waals surface area contributed by atoms with Crippen LogP contribution in [0, 0.1) is 0 Å². The Labute approximate surface area is 75.6 Å². The van der Waals surface area contributed by atoms with Gasteiger partial charge in [-0.15, -0.1) is 16.4 Å². The van der Waals surface area contributed by atoms with Gasteiger partial charge in [0.05, 0.1) is 4.88 Å². The number of nitrogens with zero attached hydrogens (tertiary/aromatic N) is 3. The van der Waals surface area contributed by atoms with Crippen LogP contribution < -0.4 is 0 Å². The van der Waals surface area contributed by atoms with Crippen LogP contribution in [0.2, 0.25) is 0 Å². The highest BCUT2D eigenvalue weighted by molar-refractivity contribution is 7.13. The van der Waals surface area contributed by atoms with Gasteiger partial charge in [0.1, 0.15) is 0 Å². The Hall–Kier alpha value is -1.37. The van der Waals surface area contributed by atoms with Crippen LogP contribution in [-0.2, 0) is 0 Å². The second-order valence-corrected chi connectivity index (χ2v) is 3.17. The molecule has 2 heterocycles. The van der Waals surface area contributed by atoms with Crippen molar-refractivity contribution >= 4 is 11.3 Å². The average molecular weight is 202 g/mol. The minimum Gasteiger partial charge on any atom is -0.238 e. The zero-order valence-electron chi connectivity index (χ0n) is 6.24. The summed E-state index contributed by atoms with van der Waals surface area (Å²) in [5.74, 6) is 0.283. The molecule has 0 amide bonds. The molecule has 68 valence electrons. The molecule has 0 unspecified atom stereocenters. The minimum absolute atomic E-state index is 0.0384. The molecule has 0 aliphatic rings. The van der Waals surface area contributed by atoms with Crippen LogP contribution in [0.25, 0.3) is 10.7 Å². The Morgan fingerprint density at radius 2 is 2.31 bits per heavy atom. The second-order valence-electron chi connectivity index (χ2n) is 2.26. The van der Waals surface area contributed by atoms with E-state index >= 15 is 0 Å². The molecule has 0 saturated heterocycles. The topological polar surface area (TPSA) is 54.5 Å². The molecule has 0 saturated carbocycles. The molecule has 0 bridgehead atoms. The van der Waals surface area contributed by atoms with Crippen molar-refractivity contribution in [1.29, 1.82) is 0 Å². The molecule has 0 fully saturated rings. The number of rotatable bonds is 2. The summed E-state index contributed by atoms with van der Waals surface area (Å²) >= 11 is 1.18. The molecule has 7 heteroatoms. The van der Waals surface area contributed by atoms with Crippen molar-refractivity contribution in [2.45, 2.75) is 6.43 Å². The van der Waals surface area contributed by atoms with Crippen molar-refractivity contribution in [2.75, 3.05) is 0 Å². The van der Waals surface area contributed by atoms with Crippen LogP contribution in [0.15, 0.2) is 11.4 Å². The van der Waals surface area contributed by atoms with E-state index in [1.165, 1.54) is 17.4 Å². The van der Waals surface area contributed by atoms with E-state index in [1.54, 1.807) is 5.38 Å². The number of aromatic amines is 1. The molecule has 0 atom stereocenters. The van der Waals surface area contributed by atoms with E-state index in [0.717, 1.165) is 0 Å². The SMILES string of the molecule is FC(F)c1ccsc1-c1nnn[nH]1. The quantitative estimate of drug-likeness (QED) is 0.808. The maximum Gasteiger partial charge on any atom is 0.265 e. The van der Waals surface area contributed by atoms with Gasteiger partial charge in [0, 0.05) is 5.56 Å². The molecule has 2 aromatic heterocycles. The van der Waals surface area contributed by atoms with Crippen LogP contribution >= 0.6 is 11.3 Å². The number of tetrazole rings is 1. The lowest BCUT2D eigenvalue weighted by Gasteiger charge is -1.96. The van der Waals surface area contributed by atoms with Gasteiger partial charge in [0.2, 0.25) is 0 Å². The molecular formula is C6H4F2N4S. The van der Waals surface area contributed by atoms with Gasteiger partial charge in [-0.3, -0.25) is 0 Å². The molecule has 0 radical (unpaired) electrons. The van der Waals surface area contributed by atoms with Gasteiger partial charge in [-0.1, -0.05) is 0 Å². The number of aromatic nitrogens is 4. The predicted octanol–water partition coefficient (Wildman–Crippen LogP) is 1.87. The van der Waals surface area contributed by atoms with Crippen molar-refractivity contribution in [3.8, 4) is 10.7 Å². The fourth-order valence-corrected chi connectivity index (χ4v) is 1.78. The summed E-state index contributed by atoms with van der Waals surface area (Å²) in [6.45, 7) is 0. The Balaban J connectivity index is 2.46. The number of H-pyrrole nitrogens is 1. The van der Waals surface area contributed by atoms with Gasteiger partial charge >= 0.3 is 0 Å². The van der Waals surface area contributed by atoms with E-state index in [4.69, 9.17) is 0 Å². The van der Waals surface area contributed by atoms with E-state index in [9.17, 15) is 8.78 Å². The first kappa shape index (κ1) is 8.24. The minimum atomic E-state index is -2.49. The summed E-state index contributed by atoms with van der Waals surface area (Å²) < 4.78 is 24.8. The third-order valence-electron chi connectivity index (χ3n) is 1.49. The molecule has 0 aliphatic carbocycles. The maximum atomic E-state index is 12.4. The smallest absolute Gasteiger partial charge is 0.238 e. The lowest BCUT2D eigenvalue weighted by Crippen LogP contribution is -1.85. The van der Waals surface area contributed by atoms with Crippen molar-refractivity contribution in [1.82, 2.24) is 20.6 Å². The summed E-state index contributed by atoms with van der Waals surface area (Å²) in [5.41, 5.74) is -0.0384. The Morgan fingerprint density at radius 1 is 1.46 bits per heavy atom. The number of thiophene rings is 1. The maximum absolute atomic E-state index is 12.4. The largest absolute Gasteiger partial charge is 0.265 e. The fourth-order valence-electron chi connectivity index (χ4n) is 0.939. The third-order valence-corrected chi connectivity index (χ3v) is 2.43. The molecule has 1 N–H and O–H groups in total. The monoisotopic (exact) mass is 202 g/mol. The van der Waals surface area contributed by atoms with Gasteiger partial charge in [-0.2, -0.15) is 0 Å². The van der Waals surface area contributed by atoms with Gasteiger partial charge in [-0.05, 0) is 21.9 Å². The molecule has 0 aromatic carbocycles. The molecule has 2 aromatic rings. The highest BCUT2D eigenvalue weighted by Crippen LogP contribution is 2.33. The van der Waals surface area contributed by atoms with E-state index in [1.807, 2.05) is 0 Å². The number of hydrogen-bond acceptors (Lipinski definition) is 4. The van der Waals surface area contributed by atoms with E-state index in [-0.39, 0.29) is 11.4 Å². The molecule has 4 nitrogen and oxygen atoms in total. The summed E-state index contributed by atoms with van der Waals surface area (Å²) in [4.78, 5) is 0.389. The van der Waals surface area contributed by atoms with Crippen molar-refractivity contribution in [3.63, 3.8) is 0 Å². The summed E-state index contributed by atoms with van der Waals surface area (Å²) in [5, 5.41) is 14.2. The third kappa shape index (κ3) is 1.42. The van der Waals surface area contributed by atoms with Gasteiger partial charge in [-0.25, -0.2) is 13.9 Å². The molecular weight excluding hydrogens is 198 g/mol. The normalized spacial score (nSPS) is 11.0. The lowest BCUT2D eigenvalue weighted by molar-refractivity contribution is 0.152. The van der Waals surface area contributed by atoms with Crippen LogP contribution in [0.1, 0.15) is 12.0 Å². The first-order valence-corrected chi connectivity index (χ1v) is 4.26. The van der Waals surface area contributed by atoms with Gasteiger partial charge in [0.25, 0.3) is 6.43 Å². The first-order chi connectivity index (χ1) is 6.29. The fraction of sp³-hybridized carbons (Fsp3) is 0.167. The zero-order chi connectivity index (χ0) is 9.26. The van der Waals surface area contributed by atoms with Crippen LogP contribution in [0.5, 0.6) is 0 Å². The molecule has 0 spiro atoms. The second kappa shape index (κ2) is 3.17. The summed E-state index contributed by atoms with van der Waals surface area (Å²) in [6, 6.07) is 1.37. The Bertz CT molecular complexity index is 383. The van der Waals surface area contributed by atoms with Crippen LogP contribution in [0.3, 0.4) is 0 Å². The summed E-state index contributed by atoms with van der Waals surface area (Å²) in [6.07, 6.45) is -2.49. The number of nitrogens with one attached hydrogen (secondary N) is 1. The molecule has 2 rings (SSSR count). The number of alkyl halides is 2. The number of hydrogen-bond donors (Lipinski definition) is 1. The van der Waals surface area contributed by atoms with Crippen molar-refractivity contribution in [3.05, 3.63) is 17.0 Å². The highest BCUT2D eigenvalue weighted by Gasteiger charge is 2.17. The van der Waals surface area contributed by atoms with Crippen molar-refractivity contribution < 1.29 is 8.78 Å². The predicted molar refractivity (Wildman–Crippen MR) is 42.4 cm³/mol. The van der Waals surface area contributed by atoms with Gasteiger partial charge < -0.3 is 0 Å². The van der Waals surface area contributed by atoms with E-state index < -0.39 is 6.43 Å². The van der Waals surface area contributed by atoms with Crippen LogP contribution in [0.4, 0.5) is 8.78 Å². The highest BCUT2D eigenvalue weighted by atomic mass is 32.1. The summed E-state index contributed by atoms with van der Waals surface area (Å²) in [7, 11) is 0. The molecule has 0 aliphatic heterocycles. The Morgan fingerprint density at radius 3 is 2.92 bits per heavy atom. The van der Waals surface area contributed by atoms with E-state index in [0.29, 0.717) is 4.88 Å². The molecule has 13 heavy (non-hydrogen) atoms. The van der Waals surface area contributed by atoms with E-state index in [2.05, 4.69) is 20.6 Å². The standard InChI is InChI=1S/C6H4F2N4S/c7-5(8)3-1-2-13-4(3)6-9-11-12-10-6/h1-2,5H,(H,9,10,11,12). The van der Waals surface area contributed by atoms with Crippen LogP contribution in [-0.4, -0.2) is 20.6 Å². The zero-order valence-corrected chi connectivity index (χ0v) is 7.05. The first-order valence-electron chi connectivity index (χ1n) is 3.38. The average Bonchev–Trinajstić information content (AvgIpc) is 2.74. The van der Waals surface area contributed by atoms with Gasteiger partial charge in [0.15, 0.2) is 5.82 Å². The van der Waals surface area contributed by atoms with Crippen molar-refractivity contribution in [2.24, 2.45) is 0 Å². The Kier molecular flexibility index (Phi) is 2.01.